The number of rotatable bonds is 2. The van der Waals surface area contributed by atoms with E-state index in [0.29, 0.717) is 0 Å². The molecule has 0 aliphatic heterocycles. The lowest BCUT2D eigenvalue weighted by Gasteiger charge is -2.03. The summed E-state index contributed by atoms with van der Waals surface area (Å²) in [4.78, 5) is 0. The quantitative estimate of drug-likeness (QED) is 0.736. The summed E-state index contributed by atoms with van der Waals surface area (Å²) < 4.78 is 5.55. The number of hydrogen-bond acceptors (Lipinski definition) is 1. The molecule has 2 rings (SSSR count). The number of hydrogen-bond donors (Lipinski definition) is 0. The molecule has 1 nitrogen and oxygen atoms in total. The smallest absolute Gasteiger partial charge is 0.457 e. The van der Waals surface area contributed by atoms with Crippen molar-refractivity contribution in [2.24, 2.45) is 0 Å². The van der Waals surface area contributed by atoms with Crippen LogP contribution in [0.3, 0.4) is 0 Å². The van der Waals surface area contributed by atoms with Gasteiger partial charge in [0.2, 0.25) is 0 Å². The van der Waals surface area contributed by atoms with Gasteiger partial charge in [0.25, 0.3) is 0 Å². The average molecular weight is 264 g/mol. The molecule has 0 atom stereocenters. The van der Waals surface area contributed by atoms with Crippen molar-refractivity contribution in [2.75, 3.05) is 0 Å². The second kappa shape index (κ2) is 8.71. The molecule has 0 saturated heterocycles. The predicted octanol–water partition coefficient (Wildman–Crippen LogP) is 4.28. The molecule has 0 fully saturated rings. The van der Waals surface area contributed by atoms with Crippen LogP contribution in [0.25, 0.3) is 0 Å². The molecule has 0 bridgehead atoms. The third kappa shape index (κ3) is 5.61. The molecule has 4 heteroatoms. The molecular formula is C12H9Cl2MgO. The van der Waals surface area contributed by atoms with Crippen LogP contribution in [0.1, 0.15) is 0 Å². The molecule has 0 aliphatic carbocycles. The summed E-state index contributed by atoms with van der Waals surface area (Å²) >= 11 is -0.639. The Morgan fingerprint density at radius 3 is 2.12 bits per heavy atom. The molecule has 0 unspecified atom stereocenters. The first-order valence-electron chi connectivity index (χ1n) is 4.67. The van der Waals surface area contributed by atoms with Gasteiger partial charge < -0.3 is 22.9 Å². The fraction of sp³-hybridized carbons (Fsp3) is 0. The Kier molecular flexibility index (Phi) is 7.43. The lowest BCUT2D eigenvalue weighted by Crippen LogP contribution is -1.81. The average Bonchev–Trinajstić information content (AvgIpc) is 2.33. The second-order valence-corrected chi connectivity index (χ2v) is 5.38. The van der Waals surface area contributed by atoms with Crippen molar-refractivity contribution in [1.29, 1.82) is 0 Å². The van der Waals surface area contributed by atoms with Crippen LogP contribution in [0, 0.1) is 6.07 Å². The van der Waals surface area contributed by atoms with Crippen molar-refractivity contribution in [3.8, 4) is 11.5 Å². The van der Waals surface area contributed by atoms with Crippen LogP contribution in [0.2, 0.25) is 0 Å². The molecule has 0 heterocycles. The zero-order chi connectivity index (χ0) is 11.6. The highest BCUT2D eigenvalue weighted by molar-refractivity contribution is 7.22. The Morgan fingerprint density at radius 1 is 0.938 bits per heavy atom. The minimum absolute atomic E-state index is 0.639. The lowest BCUT2D eigenvalue weighted by atomic mass is 10.3. The summed E-state index contributed by atoms with van der Waals surface area (Å²) in [5.41, 5.74) is 0. The molecule has 1 radical (unpaired) electrons. The topological polar surface area (TPSA) is 9.23 Å². The van der Waals surface area contributed by atoms with Crippen LogP contribution in [-0.4, -0.2) is 18.2 Å². The van der Waals surface area contributed by atoms with Crippen molar-refractivity contribution < 1.29 is 4.74 Å². The maximum atomic E-state index is 5.55. The Bertz CT molecular complexity index is 343. The van der Waals surface area contributed by atoms with E-state index in [1.807, 2.05) is 54.6 Å². The summed E-state index contributed by atoms with van der Waals surface area (Å²) in [5, 5.41) is 0. The van der Waals surface area contributed by atoms with Crippen molar-refractivity contribution >= 4 is 36.3 Å². The molecule has 79 valence electrons. The number of para-hydroxylation sites is 1. The second-order valence-electron chi connectivity index (χ2n) is 2.76. The van der Waals surface area contributed by atoms with Crippen molar-refractivity contribution in [2.45, 2.75) is 0 Å². The highest BCUT2D eigenvalue weighted by Gasteiger charge is 1.92. The number of halogens is 2. The van der Waals surface area contributed by atoms with Crippen LogP contribution in [0.15, 0.2) is 54.6 Å². The molecule has 2 aromatic carbocycles. The van der Waals surface area contributed by atoms with Gasteiger partial charge in [-0.1, -0.05) is 30.3 Å². The standard InChI is InChI=1S/C12H9O.2ClH.Mg/c1-3-7-11(8-4-1)13-12-9-5-2-6-10-12;;;/h1-5,7-10H;2*1H;/q;;;+2/p-2. The van der Waals surface area contributed by atoms with Gasteiger partial charge in [-0.3, -0.25) is 0 Å². The van der Waals surface area contributed by atoms with Gasteiger partial charge in [-0.15, -0.1) is 0 Å². The van der Waals surface area contributed by atoms with Crippen LogP contribution in [0.5, 0.6) is 11.5 Å². The molecule has 0 aliphatic rings. The van der Waals surface area contributed by atoms with Crippen LogP contribution < -0.4 is 4.74 Å². The third-order valence-corrected chi connectivity index (χ3v) is 1.66. The maximum Gasteiger partial charge on any atom is 0.618 e. The Hall–Kier alpha value is -0.414. The number of ether oxygens (including phenoxy) is 1. The van der Waals surface area contributed by atoms with Gasteiger partial charge in [-0.25, -0.2) is 0 Å². The SMILES string of the molecule is [Cl][Mg][Cl].[c]1cccc(Oc2ccccc2)c1. The van der Waals surface area contributed by atoms with E-state index >= 15 is 0 Å². The van der Waals surface area contributed by atoms with Crippen molar-refractivity contribution in [3.05, 3.63) is 60.7 Å². The molecule has 2 aromatic rings. The lowest BCUT2D eigenvalue weighted by molar-refractivity contribution is 0.482. The van der Waals surface area contributed by atoms with Crippen molar-refractivity contribution in [1.82, 2.24) is 0 Å². The zero-order valence-electron chi connectivity index (χ0n) is 8.57. The first-order chi connectivity index (χ1) is 7.86. The fourth-order valence-corrected chi connectivity index (χ4v) is 1.06. The Labute approximate surface area is 113 Å². The van der Waals surface area contributed by atoms with Crippen LogP contribution in [-0.2, 0) is 0 Å². The highest BCUT2D eigenvalue weighted by Crippen LogP contribution is 2.19. The van der Waals surface area contributed by atoms with Gasteiger partial charge in [-0.2, -0.15) is 0 Å². The van der Waals surface area contributed by atoms with Crippen LogP contribution >= 0.6 is 18.1 Å². The minimum Gasteiger partial charge on any atom is -0.457 e. The van der Waals surface area contributed by atoms with Gasteiger partial charge in [0.1, 0.15) is 11.5 Å². The van der Waals surface area contributed by atoms with Gasteiger partial charge in [0, 0.05) is 0 Å². The number of benzene rings is 2. The van der Waals surface area contributed by atoms with E-state index in [9.17, 15) is 0 Å². The minimum atomic E-state index is -0.639. The summed E-state index contributed by atoms with van der Waals surface area (Å²) in [6, 6.07) is 20.1. The molecule has 0 N–H and O–H groups in total. The highest BCUT2D eigenvalue weighted by atomic mass is 35.6. The first kappa shape index (κ1) is 13.7. The van der Waals surface area contributed by atoms with E-state index in [0.717, 1.165) is 11.5 Å². The van der Waals surface area contributed by atoms with E-state index in [2.05, 4.69) is 6.07 Å². The van der Waals surface area contributed by atoms with Gasteiger partial charge in [0.05, 0.1) is 0 Å². The monoisotopic (exact) mass is 263 g/mol. The van der Waals surface area contributed by atoms with E-state index in [1.165, 1.54) is 0 Å². The van der Waals surface area contributed by atoms with Crippen molar-refractivity contribution in [3.63, 3.8) is 0 Å². The first-order valence-corrected chi connectivity index (χ1v) is 8.95. The van der Waals surface area contributed by atoms with E-state index in [1.54, 1.807) is 0 Å². The van der Waals surface area contributed by atoms with Crippen LogP contribution in [0.4, 0.5) is 0 Å². The molecule has 0 saturated carbocycles. The zero-order valence-corrected chi connectivity index (χ0v) is 11.5. The van der Waals surface area contributed by atoms with E-state index in [4.69, 9.17) is 22.9 Å². The Balaban J connectivity index is 0.000000386. The predicted molar refractivity (Wildman–Crippen MR) is 69.3 cm³/mol. The van der Waals surface area contributed by atoms with E-state index in [-0.39, 0.29) is 0 Å². The summed E-state index contributed by atoms with van der Waals surface area (Å²) in [7, 11) is 9.81. The largest absolute Gasteiger partial charge is 0.618 e. The molecular weight excluding hydrogens is 255 g/mol. The molecule has 16 heavy (non-hydrogen) atoms. The summed E-state index contributed by atoms with van der Waals surface area (Å²) in [6.45, 7) is 0. The summed E-state index contributed by atoms with van der Waals surface area (Å²) in [6.07, 6.45) is 0. The van der Waals surface area contributed by atoms with Gasteiger partial charge in [-0.05, 0) is 30.3 Å². The fourth-order valence-electron chi connectivity index (χ4n) is 1.06. The van der Waals surface area contributed by atoms with Gasteiger partial charge in [0.15, 0.2) is 0 Å². The van der Waals surface area contributed by atoms with Gasteiger partial charge >= 0.3 is 18.2 Å². The molecule has 0 aromatic heterocycles. The molecule has 0 amide bonds. The summed E-state index contributed by atoms with van der Waals surface area (Å²) in [5.74, 6) is 1.66. The maximum absolute atomic E-state index is 5.55. The third-order valence-electron chi connectivity index (χ3n) is 1.66. The Morgan fingerprint density at radius 2 is 1.56 bits per heavy atom. The molecule has 0 spiro atoms. The van der Waals surface area contributed by atoms with E-state index < -0.39 is 18.2 Å². The normalized spacial score (nSPS) is 8.38.